The Labute approximate surface area is 155 Å². The zero-order chi connectivity index (χ0) is 17.3. The van der Waals surface area contributed by atoms with Gasteiger partial charge in [0.05, 0.1) is 5.69 Å². The number of aryl methyl sites for hydroxylation is 1. The van der Waals surface area contributed by atoms with Crippen LogP contribution < -0.4 is 0 Å². The van der Waals surface area contributed by atoms with Crippen LogP contribution in [0.5, 0.6) is 0 Å². The van der Waals surface area contributed by atoms with Crippen molar-refractivity contribution in [3.05, 3.63) is 71.6 Å². The molecule has 3 heteroatoms. The van der Waals surface area contributed by atoms with E-state index in [-0.39, 0.29) is 0 Å². The molecule has 2 nitrogen and oxygen atoms in total. The number of benzene rings is 2. The molecule has 2 aromatic rings. The average Bonchev–Trinajstić information content (AvgIpc) is 2.93. The number of likely N-dealkylation sites (tertiary alicyclic amines) is 1. The molecular formula is C22H26N2S. The molecule has 0 unspecified atom stereocenters. The molecule has 0 amide bonds. The number of rotatable bonds is 4. The summed E-state index contributed by atoms with van der Waals surface area (Å²) in [7, 11) is 0. The Morgan fingerprint density at radius 2 is 1.60 bits per heavy atom. The monoisotopic (exact) mass is 350 g/mol. The molecule has 25 heavy (non-hydrogen) atoms. The fourth-order valence-electron chi connectivity index (χ4n) is 2.94. The van der Waals surface area contributed by atoms with Crippen molar-refractivity contribution in [2.24, 2.45) is 4.99 Å². The highest BCUT2D eigenvalue weighted by molar-refractivity contribution is 8.02. The summed E-state index contributed by atoms with van der Waals surface area (Å²) < 4.78 is 0. The predicted molar refractivity (Wildman–Crippen MR) is 110 cm³/mol. The first-order valence-corrected chi connectivity index (χ1v) is 9.98. The lowest BCUT2D eigenvalue weighted by Crippen LogP contribution is -2.30. The molecule has 130 valence electrons. The van der Waals surface area contributed by atoms with Crippen molar-refractivity contribution < 1.29 is 0 Å². The van der Waals surface area contributed by atoms with Crippen LogP contribution in [0.4, 0.5) is 5.69 Å². The summed E-state index contributed by atoms with van der Waals surface area (Å²) in [5.74, 6) is 1.08. The third-order valence-electron chi connectivity index (χ3n) is 4.37. The second-order valence-corrected chi connectivity index (χ2v) is 7.42. The number of hydrogen-bond donors (Lipinski definition) is 0. The molecule has 3 rings (SSSR count). The third-order valence-corrected chi connectivity index (χ3v) is 5.19. The van der Waals surface area contributed by atoms with Crippen molar-refractivity contribution in [2.45, 2.75) is 37.5 Å². The van der Waals surface area contributed by atoms with Gasteiger partial charge in [-0.3, -0.25) is 0 Å². The molecule has 2 aromatic carbocycles. The maximum Gasteiger partial charge on any atom is 0.129 e. The minimum absolute atomic E-state index is 1.03. The Kier molecular flexibility index (Phi) is 6.75. The lowest BCUT2D eigenvalue weighted by atomic mass is 10.2. The zero-order valence-corrected chi connectivity index (χ0v) is 15.7. The van der Waals surface area contributed by atoms with E-state index in [4.69, 9.17) is 4.99 Å². The first-order chi connectivity index (χ1) is 12.3. The summed E-state index contributed by atoms with van der Waals surface area (Å²) in [4.78, 5) is 8.63. The van der Waals surface area contributed by atoms with Gasteiger partial charge >= 0.3 is 0 Å². The Morgan fingerprint density at radius 1 is 0.920 bits per heavy atom. The summed E-state index contributed by atoms with van der Waals surface area (Å²) in [6.07, 6.45) is 7.34. The van der Waals surface area contributed by atoms with Crippen molar-refractivity contribution in [3.8, 4) is 0 Å². The number of amidine groups is 1. The molecule has 0 atom stereocenters. The number of nitrogens with zero attached hydrogens (tertiary/aromatic N) is 2. The van der Waals surface area contributed by atoms with E-state index >= 15 is 0 Å². The second-order valence-electron chi connectivity index (χ2n) is 6.44. The minimum Gasteiger partial charge on any atom is -0.357 e. The molecule has 0 aromatic heterocycles. The van der Waals surface area contributed by atoms with Crippen molar-refractivity contribution in [1.29, 1.82) is 0 Å². The molecule has 0 bridgehead atoms. The molecule has 0 aliphatic carbocycles. The van der Waals surface area contributed by atoms with E-state index in [2.05, 4.69) is 77.9 Å². The van der Waals surface area contributed by atoms with Gasteiger partial charge in [0.25, 0.3) is 0 Å². The van der Waals surface area contributed by atoms with Gasteiger partial charge in [-0.1, -0.05) is 60.5 Å². The van der Waals surface area contributed by atoms with Gasteiger partial charge in [-0.05, 0) is 55.5 Å². The molecule has 0 spiro atoms. The average molecular weight is 351 g/mol. The van der Waals surface area contributed by atoms with Crippen LogP contribution in [-0.2, 0) is 0 Å². The van der Waals surface area contributed by atoms with Crippen molar-refractivity contribution in [3.63, 3.8) is 0 Å². The Bertz CT molecular complexity index is 697. The van der Waals surface area contributed by atoms with E-state index in [0.29, 0.717) is 0 Å². The first kappa shape index (κ1) is 17.8. The smallest absolute Gasteiger partial charge is 0.129 e. The molecule has 0 saturated carbocycles. The first-order valence-electron chi connectivity index (χ1n) is 9.10. The van der Waals surface area contributed by atoms with Gasteiger partial charge in [-0.2, -0.15) is 0 Å². The van der Waals surface area contributed by atoms with E-state index in [0.717, 1.165) is 24.6 Å². The van der Waals surface area contributed by atoms with Crippen LogP contribution in [0.3, 0.4) is 0 Å². The molecule has 1 heterocycles. The van der Waals surface area contributed by atoms with Gasteiger partial charge in [0.2, 0.25) is 0 Å². The summed E-state index contributed by atoms with van der Waals surface area (Å²) in [5, 5.41) is 2.16. The standard InChI is InChI=1S/C22H26N2S/c1-19-11-13-20(14-12-19)23-22(24-16-7-2-3-8-17-24)15-18-25-21-9-5-4-6-10-21/h4-6,9-15,18H,2-3,7-8,16-17H2,1H3. The number of hydrogen-bond acceptors (Lipinski definition) is 2. The minimum atomic E-state index is 1.03. The molecule has 0 radical (unpaired) electrons. The van der Waals surface area contributed by atoms with Gasteiger partial charge in [0.1, 0.15) is 5.84 Å². The zero-order valence-electron chi connectivity index (χ0n) is 14.9. The third kappa shape index (κ3) is 5.79. The molecule has 1 aliphatic rings. The van der Waals surface area contributed by atoms with E-state index < -0.39 is 0 Å². The fourth-order valence-corrected chi connectivity index (χ4v) is 3.60. The van der Waals surface area contributed by atoms with Crippen LogP contribution in [0.2, 0.25) is 0 Å². The van der Waals surface area contributed by atoms with Gasteiger partial charge in [0.15, 0.2) is 0 Å². The van der Waals surface area contributed by atoms with E-state index in [9.17, 15) is 0 Å². The van der Waals surface area contributed by atoms with Crippen LogP contribution in [0, 0.1) is 6.92 Å². The number of aliphatic imine (C=N–C) groups is 1. The highest BCUT2D eigenvalue weighted by atomic mass is 32.2. The van der Waals surface area contributed by atoms with Crippen molar-refractivity contribution >= 4 is 23.3 Å². The lowest BCUT2D eigenvalue weighted by molar-refractivity contribution is 0.437. The Hall–Kier alpha value is -2.00. The lowest BCUT2D eigenvalue weighted by Gasteiger charge is -2.22. The summed E-state index contributed by atoms with van der Waals surface area (Å²) in [6.45, 7) is 4.32. The van der Waals surface area contributed by atoms with Crippen LogP contribution >= 0.6 is 11.8 Å². The van der Waals surface area contributed by atoms with E-state index in [1.54, 1.807) is 11.8 Å². The summed E-state index contributed by atoms with van der Waals surface area (Å²) in [5.41, 5.74) is 2.30. The molecule has 1 aliphatic heterocycles. The quantitative estimate of drug-likeness (QED) is 0.370. The van der Waals surface area contributed by atoms with Gasteiger partial charge < -0.3 is 4.90 Å². The van der Waals surface area contributed by atoms with Gasteiger partial charge in [-0.15, -0.1) is 0 Å². The second kappa shape index (κ2) is 9.47. The van der Waals surface area contributed by atoms with Crippen molar-refractivity contribution in [1.82, 2.24) is 4.90 Å². The predicted octanol–water partition coefficient (Wildman–Crippen LogP) is 6.21. The SMILES string of the molecule is Cc1ccc(N=C(C=CSc2ccccc2)N2CCCCCC2)cc1. The maximum absolute atomic E-state index is 4.94. The number of thioether (sulfide) groups is 1. The van der Waals surface area contributed by atoms with Gasteiger partial charge in [-0.25, -0.2) is 4.99 Å². The normalized spacial score (nSPS) is 16.2. The summed E-state index contributed by atoms with van der Waals surface area (Å²) >= 11 is 1.74. The van der Waals surface area contributed by atoms with Crippen molar-refractivity contribution in [2.75, 3.05) is 13.1 Å². The fraction of sp³-hybridized carbons (Fsp3) is 0.318. The molecule has 1 fully saturated rings. The Balaban J connectivity index is 1.78. The topological polar surface area (TPSA) is 15.6 Å². The van der Waals surface area contributed by atoms with E-state index in [1.807, 2.05) is 0 Å². The largest absolute Gasteiger partial charge is 0.357 e. The van der Waals surface area contributed by atoms with Crippen LogP contribution in [0.1, 0.15) is 31.2 Å². The molecule has 0 N–H and O–H groups in total. The van der Waals surface area contributed by atoms with Crippen LogP contribution in [0.25, 0.3) is 0 Å². The summed E-state index contributed by atoms with van der Waals surface area (Å²) in [6, 6.07) is 18.9. The van der Waals surface area contributed by atoms with Gasteiger partial charge in [0, 0.05) is 18.0 Å². The highest BCUT2D eigenvalue weighted by Gasteiger charge is 2.12. The molecule has 1 saturated heterocycles. The van der Waals surface area contributed by atoms with E-state index in [1.165, 1.54) is 36.1 Å². The van der Waals surface area contributed by atoms with Crippen LogP contribution in [-0.4, -0.2) is 23.8 Å². The highest BCUT2D eigenvalue weighted by Crippen LogP contribution is 2.20. The Morgan fingerprint density at radius 3 is 2.28 bits per heavy atom. The molecular weight excluding hydrogens is 324 g/mol. The van der Waals surface area contributed by atoms with Crippen LogP contribution in [0.15, 0.2) is 76.0 Å². The maximum atomic E-state index is 4.94.